The zero-order valence-corrected chi connectivity index (χ0v) is 7.88. The fourth-order valence-corrected chi connectivity index (χ4v) is 1.31. The molecule has 0 saturated carbocycles. The molecule has 0 atom stereocenters. The van der Waals surface area contributed by atoms with Crippen LogP contribution in [-0.2, 0) is 13.6 Å². The molecule has 2 aromatic rings. The SMILES string of the molecule is Cn1nnc(-c2ccccc2CN)n1. The predicted molar refractivity (Wildman–Crippen MR) is 52.1 cm³/mol. The molecular formula is C9H11N5. The Labute approximate surface area is 81.5 Å². The molecule has 0 unspecified atom stereocenters. The van der Waals surface area contributed by atoms with E-state index in [1.165, 1.54) is 4.80 Å². The number of aromatic nitrogens is 4. The number of nitrogens with zero attached hydrogens (tertiary/aromatic N) is 4. The molecule has 0 spiro atoms. The zero-order valence-electron chi connectivity index (χ0n) is 7.88. The summed E-state index contributed by atoms with van der Waals surface area (Å²) in [6.07, 6.45) is 0. The van der Waals surface area contributed by atoms with Crippen LogP contribution in [0.1, 0.15) is 5.56 Å². The molecule has 2 rings (SSSR count). The maximum atomic E-state index is 5.61. The van der Waals surface area contributed by atoms with Crippen molar-refractivity contribution in [3.63, 3.8) is 0 Å². The minimum absolute atomic E-state index is 0.481. The smallest absolute Gasteiger partial charge is 0.205 e. The third-order valence-electron chi connectivity index (χ3n) is 1.99. The first-order valence-corrected chi connectivity index (χ1v) is 4.33. The van der Waals surface area contributed by atoms with Gasteiger partial charge in [-0.05, 0) is 10.8 Å². The monoisotopic (exact) mass is 189 g/mol. The van der Waals surface area contributed by atoms with Gasteiger partial charge in [0.1, 0.15) is 0 Å². The van der Waals surface area contributed by atoms with Crippen LogP contribution < -0.4 is 5.73 Å². The highest BCUT2D eigenvalue weighted by molar-refractivity contribution is 5.59. The quantitative estimate of drug-likeness (QED) is 0.739. The molecule has 5 nitrogen and oxygen atoms in total. The molecule has 0 saturated heterocycles. The molecule has 2 N–H and O–H groups in total. The molecule has 0 aliphatic rings. The number of tetrazole rings is 1. The Kier molecular flexibility index (Phi) is 2.24. The summed E-state index contributed by atoms with van der Waals surface area (Å²) in [6, 6.07) is 7.79. The molecule has 1 aromatic heterocycles. The van der Waals surface area contributed by atoms with Crippen LogP contribution in [0.15, 0.2) is 24.3 Å². The largest absolute Gasteiger partial charge is 0.326 e. The normalized spacial score (nSPS) is 10.4. The minimum Gasteiger partial charge on any atom is -0.326 e. The first-order valence-electron chi connectivity index (χ1n) is 4.33. The molecule has 0 aliphatic carbocycles. The molecule has 72 valence electrons. The lowest BCUT2D eigenvalue weighted by Crippen LogP contribution is -1.99. The molecule has 14 heavy (non-hydrogen) atoms. The lowest BCUT2D eigenvalue weighted by molar-refractivity contribution is 0.630. The molecule has 0 amide bonds. The predicted octanol–water partition coefficient (Wildman–Crippen LogP) is 0.336. The van der Waals surface area contributed by atoms with Crippen LogP contribution in [0.5, 0.6) is 0 Å². The number of rotatable bonds is 2. The van der Waals surface area contributed by atoms with Crippen molar-refractivity contribution in [1.82, 2.24) is 20.2 Å². The molecular weight excluding hydrogens is 178 g/mol. The molecule has 5 heteroatoms. The zero-order chi connectivity index (χ0) is 9.97. The van der Waals surface area contributed by atoms with Gasteiger partial charge in [0.2, 0.25) is 5.82 Å². The van der Waals surface area contributed by atoms with Crippen molar-refractivity contribution in [3.05, 3.63) is 29.8 Å². The van der Waals surface area contributed by atoms with Crippen LogP contribution >= 0.6 is 0 Å². The molecule has 0 fully saturated rings. The summed E-state index contributed by atoms with van der Waals surface area (Å²) >= 11 is 0. The van der Waals surface area contributed by atoms with Gasteiger partial charge in [-0.15, -0.1) is 10.2 Å². The van der Waals surface area contributed by atoms with Crippen molar-refractivity contribution in [1.29, 1.82) is 0 Å². The van der Waals surface area contributed by atoms with Gasteiger partial charge in [-0.2, -0.15) is 4.80 Å². The highest BCUT2D eigenvalue weighted by Crippen LogP contribution is 2.18. The van der Waals surface area contributed by atoms with Crippen molar-refractivity contribution >= 4 is 0 Å². The van der Waals surface area contributed by atoms with Crippen molar-refractivity contribution in [2.75, 3.05) is 0 Å². The Morgan fingerprint density at radius 2 is 2.14 bits per heavy atom. The number of nitrogens with two attached hydrogens (primary N) is 1. The van der Waals surface area contributed by atoms with E-state index in [9.17, 15) is 0 Å². The lowest BCUT2D eigenvalue weighted by atomic mass is 10.1. The van der Waals surface area contributed by atoms with E-state index < -0.39 is 0 Å². The Hall–Kier alpha value is -1.75. The van der Waals surface area contributed by atoms with Gasteiger partial charge in [0.05, 0.1) is 7.05 Å². The highest BCUT2D eigenvalue weighted by atomic mass is 15.6. The van der Waals surface area contributed by atoms with Crippen LogP contribution in [0, 0.1) is 0 Å². The summed E-state index contributed by atoms with van der Waals surface area (Å²) < 4.78 is 0. The van der Waals surface area contributed by atoms with Gasteiger partial charge >= 0.3 is 0 Å². The van der Waals surface area contributed by atoms with E-state index in [0.717, 1.165) is 11.1 Å². The molecule has 0 aliphatic heterocycles. The summed E-state index contributed by atoms with van der Waals surface area (Å²) in [5, 5.41) is 11.9. The molecule has 0 radical (unpaired) electrons. The summed E-state index contributed by atoms with van der Waals surface area (Å²) in [6.45, 7) is 0.481. The Morgan fingerprint density at radius 1 is 1.36 bits per heavy atom. The standard InChI is InChI=1S/C9H11N5/c1-14-12-9(11-13-14)8-5-3-2-4-7(8)6-10/h2-5H,6,10H2,1H3. The van der Waals surface area contributed by atoms with E-state index in [-0.39, 0.29) is 0 Å². The number of aryl methyl sites for hydroxylation is 1. The average molecular weight is 189 g/mol. The van der Waals surface area contributed by atoms with Crippen LogP contribution in [0.4, 0.5) is 0 Å². The maximum Gasteiger partial charge on any atom is 0.205 e. The second-order valence-electron chi connectivity index (χ2n) is 2.96. The van der Waals surface area contributed by atoms with Gasteiger partial charge in [0, 0.05) is 12.1 Å². The van der Waals surface area contributed by atoms with Crippen LogP contribution in [-0.4, -0.2) is 20.2 Å². The van der Waals surface area contributed by atoms with Crippen molar-refractivity contribution in [3.8, 4) is 11.4 Å². The maximum absolute atomic E-state index is 5.61. The van der Waals surface area contributed by atoms with Crippen molar-refractivity contribution < 1.29 is 0 Å². The molecule has 0 bridgehead atoms. The first kappa shape index (κ1) is 8.83. The number of benzene rings is 1. The second kappa shape index (κ2) is 3.55. The van der Waals surface area contributed by atoms with Gasteiger partial charge in [-0.25, -0.2) is 0 Å². The second-order valence-corrected chi connectivity index (χ2v) is 2.96. The van der Waals surface area contributed by atoms with Crippen LogP contribution in [0.25, 0.3) is 11.4 Å². The fourth-order valence-electron chi connectivity index (χ4n) is 1.31. The van der Waals surface area contributed by atoms with Crippen LogP contribution in [0.2, 0.25) is 0 Å². The van der Waals surface area contributed by atoms with Gasteiger partial charge in [0.25, 0.3) is 0 Å². The van der Waals surface area contributed by atoms with Gasteiger partial charge in [0.15, 0.2) is 0 Å². The summed E-state index contributed by atoms with van der Waals surface area (Å²) in [5.74, 6) is 0.619. The third-order valence-corrected chi connectivity index (χ3v) is 1.99. The lowest BCUT2D eigenvalue weighted by Gasteiger charge is -2.01. The van der Waals surface area contributed by atoms with E-state index in [2.05, 4.69) is 15.4 Å². The Morgan fingerprint density at radius 3 is 2.79 bits per heavy atom. The van der Waals surface area contributed by atoms with Gasteiger partial charge < -0.3 is 5.73 Å². The van der Waals surface area contributed by atoms with E-state index in [1.807, 2.05) is 24.3 Å². The fraction of sp³-hybridized carbons (Fsp3) is 0.222. The van der Waals surface area contributed by atoms with E-state index in [0.29, 0.717) is 12.4 Å². The average Bonchev–Trinajstić information content (AvgIpc) is 2.65. The van der Waals surface area contributed by atoms with Gasteiger partial charge in [-0.3, -0.25) is 0 Å². The Bertz CT molecular complexity index is 434. The summed E-state index contributed by atoms with van der Waals surface area (Å²) in [5.41, 5.74) is 7.59. The molecule has 1 aromatic carbocycles. The summed E-state index contributed by atoms with van der Waals surface area (Å²) in [4.78, 5) is 1.43. The number of hydrogen-bond donors (Lipinski definition) is 1. The van der Waals surface area contributed by atoms with E-state index >= 15 is 0 Å². The van der Waals surface area contributed by atoms with Crippen LogP contribution in [0.3, 0.4) is 0 Å². The summed E-state index contributed by atoms with van der Waals surface area (Å²) in [7, 11) is 1.74. The minimum atomic E-state index is 0.481. The van der Waals surface area contributed by atoms with Crippen molar-refractivity contribution in [2.45, 2.75) is 6.54 Å². The number of hydrogen-bond acceptors (Lipinski definition) is 4. The highest BCUT2D eigenvalue weighted by Gasteiger charge is 2.07. The van der Waals surface area contributed by atoms with E-state index in [1.54, 1.807) is 7.05 Å². The van der Waals surface area contributed by atoms with Crippen molar-refractivity contribution in [2.24, 2.45) is 12.8 Å². The topological polar surface area (TPSA) is 69.6 Å². The van der Waals surface area contributed by atoms with E-state index in [4.69, 9.17) is 5.73 Å². The van der Waals surface area contributed by atoms with Gasteiger partial charge in [-0.1, -0.05) is 24.3 Å². The first-order chi connectivity index (χ1) is 6.81. The Balaban J connectivity index is 2.50. The molecule has 1 heterocycles. The third kappa shape index (κ3) is 1.49.